The number of hydrogen-bond donors (Lipinski definition) is 3. The number of rotatable bonds is 8. The van der Waals surface area contributed by atoms with Gasteiger partial charge in [-0.15, -0.1) is 11.3 Å². The zero-order valence-corrected chi connectivity index (χ0v) is 18.5. The number of hydrogen-bond acceptors (Lipinski definition) is 7. The highest BCUT2D eigenvalue weighted by Gasteiger charge is 2.20. The summed E-state index contributed by atoms with van der Waals surface area (Å²) in [7, 11) is 0. The molecule has 0 saturated carbocycles. The van der Waals surface area contributed by atoms with E-state index in [1.165, 1.54) is 17.5 Å². The Bertz CT molecular complexity index is 1460. The van der Waals surface area contributed by atoms with Gasteiger partial charge in [0.2, 0.25) is 0 Å². The van der Waals surface area contributed by atoms with E-state index in [4.69, 9.17) is 26.2 Å². The van der Waals surface area contributed by atoms with E-state index < -0.39 is 17.2 Å². The number of carbonyl (C=O) groups is 1. The lowest BCUT2D eigenvalue weighted by atomic mass is 10.2. The van der Waals surface area contributed by atoms with Gasteiger partial charge in [-0.2, -0.15) is 0 Å². The summed E-state index contributed by atoms with van der Waals surface area (Å²) in [5.74, 6) is -0.394. The third-order valence-electron chi connectivity index (χ3n) is 4.72. The number of aromatic carboxylic acids is 1. The molecule has 2 aromatic carbocycles. The number of para-hydroxylation sites is 1. The number of aliphatic hydroxyl groups is 1. The Morgan fingerprint density at radius 1 is 1.15 bits per heavy atom. The van der Waals surface area contributed by atoms with E-state index in [1.54, 1.807) is 24.3 Å². The highest BCUT2D eigenvalue weighted by atomic mass is 35.5. The number of aromatic amines is 1. The van der Waals surface area contributed by atoms with Crippen LogP contribution in [0, 0.1) is 0 Å². The maximum atomic E-state index is 13.1. The van der Waals surface area contributed by atoms with Crippen molar-refractivity contribution >= 4 is 39.8 Å². The van der Waals surface area contributed by atoms with Gasteiger partial charge in [0.05, 0.1) is 28.2 Å². The Balaban J connectivity index is 1.72. The molecule has 11 heteroatoms. The predicted molar refractivity (Wildman–Crippen MR) is 123 cm³/mol. The molecular weight excluding hydrogens is 472 g/mol. The maximum absolute atomic E-state index is 13.1. The second-order valence-electron chi connectivity index (χ2n) is 6.81. The van der Waals surface area contributed by atoms with Gasteiger partial charge >= 0.3 is 11.7 Å². The monoisotopic (exact) mass is 488 g/mol. The summed E-state index contributed by atoms with van der Waals surface area (Å²) in [5, 5.41) is 19.8. The number of aromatic nitrogens is 2. The fourth-order valence-corrected chi connectivity index (χ4v) is 4.28. The van der Waals surface area contributed by atoms with Crippen LogP contribution in [0.4, 0.5) is 0 Å². The number of H-pyrrole nitrogens is 1. The molecule has 33 heavy (non-hydrogen) atoms. The average Bonchev–Trinajstić information content (AvgIpc) is 3.23. The minimum atomic E-state index is -1.27. The number of benzene rings is 2. The molecule has 0 saturated heterocycles. The van der Waals surface area contributed by atoms with Crippen molar-refractivity contribution in [2.75, 3.05) is 13.2 Å². The molecule has 0 fully saturated rings. The minimum Gasteiger partial charge on any atom is -0.491 e. The van der Waals surface area contributed by atoms with Gasteiger partial charge in [0.15, 0.2) is 0 Å². The first-order valence-electron chi connectivity index (χ1n) is 9.65. The summed E-state index contributed by atoms with van der Waals surface area (Å²) in [5.41, 5.74) is -0.636. The molecule has 0 radical (unpaired) electrons. The highest BCUT2D eigenvalue weighted by Crippen LogP contribution is 2.27. The Morgan fingerprint density at radius 3 is 2.70 bits per heavy atom. The molecule has 2 aromatic heterocycles. The van der Waals surface area contributed by atoms with Crippen LogP contribution >= 0.6 is 22.9 Å². The second-order valence-corrected chi connectivity index (χ2v) is 8.10. The molecule has 0 amide bonds. The summed E-state index contributed by atoms with van der Waals surface area (Å²) in [6.07, 6.45) is 0. The van der Waals surface area contributed by atoms with Crippen molar-refractivity contribution < 1.29 is 24.5 Å². The molecule has 0 aliphatic carbocycles. The number of carboxylic acid groups (broad SMARTS) is 1. The second kappa shape index (κ2) is 9.49. The summed E-state index contributed by atoms with van der Waals surface area (Å²) >= 11 is 7.13. The van der Waals surface area contributed by atoms with Crippen molar-refractivity contribution in [3.63, 3.8) is 0 Å². The van der Waals surface area contributed by atoms with Crippen LogP contribution in [0.15, 0.2) is 57.4 Å². The summed E-state index contributed by atoms with van der Waals surface area (Å²) in [4.78, 5) is 39.6. The van der Waals surface area contributed by atoms with Crippen LogP contribution in [-0.4, -0.2) is 38.9 Å². The number of fused-ring (bicyclic) bond motifs is 1. The summed E-state index contributed by atoms with van der Waals surface area (Å²) in [6.45, 7) is 0.120. The molecule has 4 rings (SSSR count). The van der Waals surface area contributed by atoms with Crippen LogP contribution in [-0.2, 0) is 6.61 Å². The molecule has 0 aliphatic rings. The quantitative estimate of drug-likeness (QED) is 0.347. The van der Waals surface area contributed by atoms with Gasteiger partial charge in [0.25, 0.3) is 5.56 Å². The maximum Gasteiger partial charge on any atom is 0.346 e. The fraction of sp³-hybridized carbons (Fsp3) is 0.136. The first-order chi connectivity index (χ1) is 15.9. The normalized spacial score (nSPS) is 11.0. The van der Waals surface area contributed by atoms with Crippen molar-refractivity contribution in [1.82, 2.24) is 9.55 Å². The molecule has 0 unspecified atom stereocenters. The van der Waals surface area contributed by atoms with E-state index in [0.29, 0.717) is 11.5 Å². The van der Waals surface area contributed by atoms with Crippen molar-refractivity contribution in [3.8, 4) is 17.2 Å². The Kier molecular flexibility index (Phi) is 6.50. The van der Waals surface area contributed by atoms with Crippen molar-refractivity contribution in [3.05, 3.63) is 84.1 Å². The van der Waals surface area contributed by atoms with E-state index in [-0.39, 0.29) is 46.3 Å². The number of thiophene rings is 1. The first-order valence-corrected chi connectivity index (χ1v) is 10.9. The highest BCUT2D eigenvalue weighted by molar-refractivity contribution is 7.13. The summed E-state index contributed by atoms with van der Waals surface area (Å²) < 4.78 is 12.1. The molecule has 0 aliphatic heterocycles. The number of halogens is 1. The van der Waals surface area contributed by atoms with Gasteiger partial charge in [0.1, 0.15) is 29.6 Å². The van der Waals surface area contributed by atoms with E-state index >= 15 is 0 Å². The number of ether oxygens (including phenoxy) is 2. The van der Waals surface area contributed by atoms with Crippen LogP contribution in [0.25, 0.3) is 16.6 Å². The zero-order valence-electron chi connectivity index (χ0n) is 16.9. The fourth-order valence-electron chi connectivity index (χ4n) is 3.25. The topological polar surface area (TPSA) is 131 Å². The van der Waals surface area contributed by atoms with Crippen LogP contribution in [0.1, 0.15) is 15.2 Å². The number of carboxylic acids is 1. The molecule has 170 valence electrons. The lowest BCUT2D eigenvalue weighted by Gasteiger charge is -2.13. The molecule has 3 N–H and O–H groups in total. The largest absolute Gasteiger partial charge is 0.491 e. The minimum absolute atomic E-state index is 0.0506. The SMILES string of the molecule is O=C(O)c1scc2[nH]c(=O)n(-c3cc(OCc4ccccc4OCCO)ccc3Cl)c(=O)c12. The summed E-state index contributed by atoms with van der Waals surface area (Å²) in [6, 6.07) is 11.6. The van der Waals surface area contributed by atoms with Gasteiger partial charge in [-0.3, -0.25) is 4.79 Å². The molecule has 9 nitrogen and oxygen atoms in total. The third-order valence-corrected chi connectivity index (χ3v) is 6.01. The van der Waals surface area contributed by atoms with Crippen LogP contribution < -0.4 is 20.7 Å². The number of aliphatic hydroxyl groups excluding tert-OH is 1. The Hall–Kier alpha value is -3.60. The van der Waals surface area contributed by atoms with Crippen molar-refractivity contribution in [2.24, 2.45) is 0 Å². The van der Waals surface area contributed by atoms with Gasteiger partial charge in [0, 0.05) is 17.0 Å². The van der Waals surface area contributed by atoms with Gasteiger partial charge in [-0.05, 0) is 18.2 Å². The smallest absolute Gasteiger partial charge is 0.346 e. The van der Waals surface area contributed by atoms with Crippen LogP contribution in [0.2, 0.25) is 5.02 Å². The Morgan fingerprint density at radius 2 is 1.94 bits per heavy atom. The zero-order chi connectivity index (χ0) is 23.5. The molecule has 2 heterocycles. The van der Waals surface area contributed by atoms with Crippen LogP contribution in [0.5, 0.6) is 11.5 Å². The molecule has 0 atom stereocenters. The lowest BCUT2D eigenvalue weighted by Crippen LogP contribution is -2.34. The van der Waals surface area contributed by atoms with E-state index in [9.17, 15) is 19.5 Å². The molecule has 4 aromatic rings. The molecule has 0 spiro atoms. The van der Waals surface area contributed by atoms with E-state index in [0.717, 1.165) is 21.5 Å². The van der Waals surface area contributed by atoms with Gasteiger partial charge in [-0.1, -0.05) is 29.8 Å². The lowest BCUT2D eigenvalue weighted by molar-refractivity contribution is 0.0704. The first kappa shape index (κ1) is 22.6. The number of nitrogens with zero attached hydrogens (tertiary/aromatic N) is 1. The third kappa shape index (κ3) is 4.49. The Labute approximate surface area is 195 Å². The van der Waals surface area contributed by atoms with Crippen molar-refractivity contribution in [2.45, 2.75) is 6.61 Å². The van der Waals surface area contributed by atoms with Crippen molar-refractivity contribution in [1.29, 1.82) is 0 Å². The van der Waals surface area contributed by atoms with E-state index in [1.807, 2.05) is 6.07 Å². The van der Waals surface area contributed by atoms with Gasteiger partial charge < -0.3 is 24.7 Å². The molecular formula is C22H17ClN2O7S. The van der Waals surface area contributed by atoms with Gasteiger partial charge in [-0.25, -0.2) is 14.2 Å². The average molecular weight is 489 g/mol. The van der Waals surface area contributed by atoms with E-state index in [2.05, 4.69) is 4.98 Å². The predicted octanol–water partition coefficient (Wildman–Crippen LogP) is 3.04. The molecule has 0 bridgehead atoms. The number of nitrogens with one attached hydrogen (secondary N) is 1. The standard InChI is InChI=1S/C22H17ClN2O7S/c23-14-6-5-13(32-10-12-3-1-2-4-17(12)31-8-7-26)9-16(14)25-20(27)18-15(24-22(25)30)11-33-19(18)21(28)29/h1-6,9,11,26H,7-8,10H2,(H,24,30)(H,28,29). The van der Waals surface area contributed by atoms with Crippen LogP contribution in [0.3, 0.4) is 0 Å².